The van der Waals surface area contributed by atoms with Gasteiger partial charge in [-0.15, -0.1) is 0 Å². The zero-order valence-corrected chi connectivity index (χ0v) is 16.1. The fourth-order valence-corrected chi connectivity index (χ4v) is 6.38. The van der Waals surface area contributed by atoms with Crippen LogP contribution in [-0.2, 0) is 11.3 Å². The summed E-state index contributed by atoms with van der Waals surface area (Å²) >= 11 is 0. The lowest BCUT2D eigenvalue weighted by atomic mass is 9.53. The predicted octanol–water partition coefficient (Wildman–Crippen LogP) is 3.29. The number of urea groups is 1. The molecule has 1 aliphatic heterocycles. The van der Waals surface area contributed by atoms with Crippen LogP contribution in [0.15, 0.2) is 24.3 Å². The SMILES string of the molecule is O=C(NCc1ccc(N2CCOCC2)cc1)NC12CC3CC(CC(C3)C1)C2. The summed E-state index contributed by atoms with van der Waals surface area (Å²) in [6.07, 6.45) is 7.79. The van der Waals surface area contributed by atoms with Gasteiger partial charge >= 0.3 is 6.03 Å². The Morgan fingerprint density at radius 2 is 1.59 bits per heavy atom. The zero-order valence-electron chi connectivity index (χ0n) is 16.1. The number of nitrogens with zero attached hydrogens (tertiary/aromatic N) is 1. The van der Waals surface area contributed by atoms with Gasteiger partial charge < -0.3 is 20.3 Å². The van der Waals surface area contributed by atoms with Gasteiger partial charge in [0.1, 0.15) is 0 Å². The van der Waals surface area contributed by atoms with Crippen LogP contribution >= 0.6 is 0 Å². The molecule has 5 heteroatoms. The first-order chi connectivity index (χ1) is 13.2. The topological polar surface area (TPSA) is 53.6 Å². The molecule has 0 spiro atoms. The van der Waals surface area contributed by atoms with Gasteiger partial charge in [0.15, 0.2) is 0 Å². The van der Waals surface area contributed by atoms with E-state index in [0.717, 1.165) is 49.6 Å². The first kappa shape index (κ1) is 17.4. The Kier molecular flexibility index (Phi) is 4.50. The Morgan fingerprint density at radius 3 is 2.19 bits per heavy atom. The fourth-order valence-electron chi connectivity index (χ4n) is 6.38. The highest BCUT2D eigenvalue weighted by atomic mass is 16.5. The van der Waals surface area contributed by atoms with Crippen LogP contribution in [0.4, 0.5) is 10.5 Å². The van der Waals surface area contributed by atoms with Crippen LogP contribution < -0.4 is 15.5 Å². The first-order valence-electron chi connectivity index (χ1n) is 10.7. The Labute approximate surface area is 161 Å². The number of morpholine rings is 1. The van der Waals surface area contributed by atoms with Crippen molar-refractivity contribution < 1.29 is 9.53 Å². The van der Waals surface area contributed by atoms with Crippen LogP contribution in [0.2, 0.25) is 0 Å². The van der Waals surface area contributed by atoms with Crippen LogP contribution in [0, 0.1) is 17.8 Å². The number of nitrogens with one attached hydrogen (secondary N) is 2. The third kappa shape index (κ3) is 3.66. The van der Waals surface area contributed by atoms with Crippen LogP contribution in [0.25, 0.3) is 0 Å². The molecule has 6 rings (SSSR count). The minimum absolute atomic E-state index is 0.00852. The van der Waals surface area contributed by atoms with Crippen molar-refractivity contribution in [3.05, 3.63) is 29.8 Å². The van der Waals surface area contributed by atoms with E-state index < -0.39 is 0 Å². The van der Waals surface area contributed by atoms with Crippen LogP contribution in [0.1, 0.15) is 44.1 Å². The van der Waals surface area contributed by atoms with E-state index in [0.29, 0.717) is 6.54 Å². The number of hydrogen-bond acceptors (Lipinski definition) is 3. The van der Waals surface area contributed by atoms with E-state index in [-0.39, 0.29) is 11.6 Å². The molecule has 5 aliphatic rings. The molecular weight excluding hydrogens is 338 g/mol. The van der Waals surface area contributed by atoms with E-state index in [2.05, 4.69) is 39.8 Å². The summed E-state index contributed by atoms with van der Waals surface area (Å²) < 4.78 is 5.41. The van der Waals surface area contributed by atoms with Crippen molar-refractivity contribution in [1.82, 2.24) is 10.6 Å². The average Bonchev–Trinajstić information content (AvgIpc) is 2.66. The largest absolute Gasteiger partial charge is 0.378 e. The van der Waals surface area contributed by atoms with E-state index in [1.54, 1.807) is 0 Å². The van der Waals surface area contributed by atoms with Gasteiger partial charge in [0.25, 0.3) is 0 Å². The molecule has 1 aromatic carbocycles. The van der Waals surface area contributed by atoms with E-state index in [4.69, 9.17) is 4.74 Å². The molecule has 2 N–H and O–H groups in total. The van der Waals surface area contributed by atoms with Gasteiger partial charge in [0.05, 0.1) is 13.2 Å². The van der Waals surface area contributed by atoms with Gasteiger partial charge in [-0.1, -0.05) is 12.1 Å². The van der Waals surface area contributed by atoms with Crippen molar-refractivity contribution in [2.75, 3.05) is 31.2 Å². The number of ether oxygens (including phenoxy) is 1. The van der Waals surface area contributed by atoms with Crippen molar-refractivity contribution in [2.24, 2.45) is 17.8 Å². The highest BCUT2D eigenvalue weighted by molar-refractivity contribution is 5.75. The second kappa shape index (κ2) is 7.01. The minimum Gasteiger partial charge on any atom is -0.378 e. The maximum Gasteiger partial charge on any atom is 0.315 e. The number of benzene rings is 1. The van der Waals surface area contributed by atoms with Crippen molar-refractivity contribution >= 4 is 11.7 Å². The molecule has 4 saturated carbocycles. The van der Waals surface area contributed by atoms with E-state index in [9.17, 15) is 4.79 Å². The van der Waals surface area contributed by atoms with Crippen LogP contribution in [-0.4, -0.2) is 37.9 Å². The zero-order chi connectivity index (χ0) is 18.3. The number of carbonyl (C=O) groups is 1. The Balaban J connectivity index is 1.14. The van der Waals surface area contributed by atoms with Gasteiger partial charge in [0.2, 0.25) is 0 Å². The summed E-state index contributed by atoms with van der Waals surface area (Å²) in [7, 11) is 0. The third-order valence-electron chi connectivity index (χ3n) is 7.18. The monoisotopic (exact) mass is 369 g/mol. The number of anilines is 1. The third-order valence-corrected chi connectivity index (χ3v) is 7.18. The normalized spacial score (nSPS) is 34.5. The van der Waals surface area contributed by atoms with Crippen LogP contribution in [0.5, 0.6) is 0 Å². The molecule has 27 heavy (non-hydrogen) atoms. The van der Waals surface area contributed by atoms with Gasteiger partial charge in [-0.3, -0.25) is 0 Å². The van der Waals surface area contributed by atoms with Gasteiger partial charge in [-0.25, -0.2) is 4.79 Å². The molecular formula is C22H31N3O2. The number of amides is 2. The summed E-state index contributed by atoms with van der Waals surface area (Å²) in [5.74, 6) is 2.55. The highest BCUT2D eigenvalue weighted by Crippen LogP contribution is 2.55. The lowest BCUT2D eigenvalue weighted by Gasteiger charge is -2.56. The summed E-state index contributed by atoms with van der Waals surface area (Å²) in [5.41, 5.74) is 2.46. The molecule has 146 valence electrons. The Morgan fingerprint density at radius 1 is 1.00 bits per heavy atom. The molecule has 4 aliphatic carbocycles. The van der Waals surface area contributed by atoms with E-state index >= 15 is 0 Å². The first-order valence-corrected chi connectivity index (χ1v) is 10.7. The molecule has 0 radical (unpaired) electrons. The molecule has 0 aromatic heterocycles. The maximum absolute atomic E-state index is 12.6. The summed E-state index contributed by atoms with van der Waals surface area (Å²) in [5, 5.41) is 6.48. The average molecular weight is 370 g/mol. The van der Waals surface area contributed by atoms with Crippen molar-refractivity contribution in [3.8, 4) is 0 Å². The quantitative estimate of drug-likeness (QED) is 0.856. The fraction of sp³-hybridized carbons (Fsp3) is 0.682. The maximum atomic E-state index is 12.6. The molecule has 0 atom stereocenters. The molecule has 1 saturated heterocycles. The second-order valence-electron chi connectivity index (χ2n) is 9.27. The minimum atomic E-state index is 0.00852. The smallest absolute Gasteiger partial charge is 0.315 e. The van der Waals surface area contributed by atoms with Crippen molar-refractivity contribution in [2.45, 2.75) is 50.6 Å². The van der Waals surface area contributed by atoms with Gasteiger partial charge in [-0.2, -0.15) is 0 Å². The number of hydrogen-bond donors (Lipinski definition) is 2. The molecule has 4 bridgehead atoms. The highest BCUT2D eigenvalue weighted by Gasteiger charge is 2.51. The summed E-state index contributed by atoms with van der Waals surface area (Å²) in [6, 6.07) is 8.55. The lowest BCUT2D eigenvalue weighted by Crippen LogP contribution is -2.61. The molecule has 5 fully saturated rings. The number of rotatable bonds is 4. The van der Waals surface area contributed by atoms with Crippen molar-refractivity contribution in [3.63, 3.8) is 0 Å². The van der Waals surface area contributed by atoms with Gasteiger partial charge in [-0.05, 0) is 74.0 Å². The molecule has 1 heterocycles. The lowest BCUT2D eigenvalue weighted by molar-refractivity contribution is -0.0135. The predicted molar refractivity (Wildman–Crippen MR) is 106 cm³/mol. The second-order valence-corrected chi connectivity index (χ2v) is 9.27. The van der Waals surface area contributed by atoms with E-state index in [1.807, 2.05) is 0 Å². The molecule has 1 aromatic rings. The molecule has 5 nitrogen and oxygen atoms in total. The molecule has 0 unspecified atom stereocenters. The number of carbonyl (C=O) groups excluding carboxylic acids is 1. The van der Waals surface area contributed by atoms with Gasteiger partial charge in [0, 0.05) is 30.9 Å². The Hall–Kier alpha value is -1.75. The Bertz CT molecular complexity index is 646. The summed E-state index contributed by atoms with van der Waals surface area (Å²) in [4.78, 5) is 14.9. The van der Waals surface area contributed by atoms with Crippen molar-refractivity contribution in [1.29, 1.82) is 0 Å². The molecule has 2 amide bonds. The standard InChI is InChI=1S/C22H31N3O2/c26-21(24-22-12-17-9-18(13-22)11-19(10-17)14-22)23-15-16-1-3-20(4-2-16)25-5-7-27-8-6-25/h1-4,17-19H,5-15H2,(H2,23,24,26). The van der Waals surface area contributed by atoms with Crippen LogP contribution in [0.3, 0.4) is 0 Å². The van der Waals surface area contributed by atoms with E-state index in [1.165, 1.54) is 44.2 Å². The summed E-state index contributed by atoms with van der Waals surface area (Å²) in [6.45, 7) is 4.08.